The summed E-state index contributed by atoms with van der Waals surface area (Å²) in [7, 11) is -1.48. The average molecular weight is 348 g/mol. The van der Waals surface area contributed by atoms with Gasteiger partial charge in [0.05, 0.1) is 16.7 Å². The first kappa shape index (κ1) is 16.9. The van der Waals surface area contributed by atoms with Gasteiger partial charge in [0.1, 0.15) is 11.3 Å². The summed E-state index contributed by atoms with van der Waals surface area (Å²) in [5.41, 5.74) is -0.418. The van der Waals surface area contributed by atoms with Crippen molar-refractivity contribution >= 4 is 42.4 Å². The van der Waals surface area contributed by atoms with E-state index in [-0.39, 0.29) is 28.9 Å². The van der Waals surface area contributed by atoms with Gasteiger partial charge in [-0.05, 0) is 24.3 Å². The quantitative estimate of drug-likeness (QED) is 0.703. The number of nitrogens with one attached hydrogen (secondary N) is 1. The molecule has 3 N–H and O–H groups in total. The van der Waals surface area contributed by atoms with Crippen LogP contribution in [0.25, 0.3) is 0 Å². The maximum Gasteiger partial charge on any atom is 0.547 e. The molecule has 1 heterocycles. The molecule has 118 valence electrons. The van der Waals surface area contributed by atoms with E-state index in [9.17, 15) is 19.0 Å². The van der Waals surface area contributed by atoms with Crippen LogP contribution in [0.5, 0.6) is 5.75 Å². The minimum Gasteiger partial charge on any atom is -0.534 e. The second-order valence-corrected chi connectivity index (χ2v) is 5.93. The van der Waals surface area contributed by atoms with E-state index in [2.05, 4.69) is 5.32 Å². The zero-order valence-corrected chi connectivity index (χ0v) is 13.0. The third-order valence-corrected chi connectivity index (χ3v) is 3.93. The molecule has 1 aromatic carbocycles. The van der Waals surface area contributed by atoms with Gasteiger partial charge in [-0.2, -0.15) is 11.8 Å². The van der Waals surface area contributed by atoms with Crippen molar-refractivity contribution in [3.05, 3.63) is 28.0 Å². The van der Waals surface area contributed by atoms with Crippen LogP contribution in [0.3, 0.4) is 0 Å². The first-order valence-electron chi connectivity index (χ1n) is 6.22. The van der Waals surface area contributed by atoms with Crippen LogP contribution < -0.4 is 9.97 Å². The molecule has 0 saturated heterocycles. The molecule has 0 radical (unpaired) electrons. The lowest BCUT2D eigenvalue weighted by molar-refractivity contribution is -0.118. The van der Waals surface area contributed by atoms with E-state index in [1.165, 1.54) is 17.8 Å². The van der Waals surface area contributed by atoms with Crippen molar-refractivity contribution in [2.75, 3.05) is 12.0 Å². The Labute approximate surface area is 135 Å². The van der Waals surface area contributed by atoms with Crippen LogP contribution in [-0.2, 0) is 11.2 Å². The fourth-order valence-corrected chi connectivity index (χ4v) is 2.75. The van der Waals surface area contributed by atoms with Gasteiger partial charge in [0, 0.05) is 0 Å². The first-order valence-corrected chi connectivity index (χ1v) is 7.99. The lowest BCUT2D eigenvalue weighted by Crippen LogP contribution is -2.53. The smallest absolute Gasteiger partial charge is 0.534 e. The number of carboxylic acid groups (broad SMARTS) is 1. The molecule has 0 aromatic heterocycles. The molecule has 0 spiro atoms. The molecule has 0 unspecified atom stereocenters. The number of rotatable bonds is 4. The number of amides is 1. The molecule has 0 bridgehead atoms. The van der Waals surface area contributed by atoms with Crippen LogP contribution in [0.1, 0.15) is 15.9 Å². The van der Waals surface area contributed by atoms with E-state index in [1.807, 2.05) is 0 Å². The van der Waals surface area contributed by atoms with Gasteiger partial charge in [0.25, 0.3) is 0 Å². The molecule has 2 rings (SSSR count). The number of benzene rings is 1. The second kappa shape index (κ2) is 6.76. The van der Waals surface area contributed by atoms with Gasteiger partial charge in [-0.25, -0.2) is 9.18 Å². The number of hydrogen-bond donors (Lipinski definition) is 3. The minimum atomic E-state index is -1.55. The highest BCUT2D eigenvalue weighted by molar-refractivity contribution is 7.99. The molecule has 0 saturated carbocycles. The standard InChI is InChI=1S/C12H12BClFNO5S/c1-22-4-8(17)16-7-3-5-2-6(14)10(15)9(12(18)19)11(5)21-13(7)20/h2,7,20H,3-4H2,1H3,(H,16,17)(H,18,19)/t7-/m0/s1. The molecule has 10 heteroatoms. The van der Waals surface area contributed by atoms with Crippen molar-refractivity contribution in [3.8, 4) is 5.75 Å². The Balaban J connectivity index is 2.34. The van der Waals surface area contributed by atoms with Crippen molar-refractivity contribution in [2.24, 2.45) is 0 Å². The van der Waals surface area contributed by atoms with E-state index < -0.39 is 30.4 Å². The predicted molar refractivity (Wildman–Crippen MR) is 81.0 cm³/mol. The number of hydrogen-bond acceptors (Lipinski definition) is 5. The van der Waals surface area contributed by atoms with Crippen molar-refractivity contribution in [1.82, 2.24) is 5.32 Å². The number of thioether (sulfide) groups is 1. The van der Waals surface area contributed by atoms with Crippen LogP contribution in [0.4, 0.5) is 4.39 Å². The minimum absolute atomic E-state index is 0.0803. The Kier molecular flexibility index (Phi) is 5.20. The Morgan fingerprint density at radius 2 is 2.32 bits per heavy atom. The maximum absolute atomic E-state index is 13.8. The number of carboxylic acids is 1. The number of halogens is 2. The second-order valence-electron chi connectivity index (χ2n) is 4.66. The monoisotopic (exact) mass is 347 g/mol. The molecular formula is C12H12BClFNO5S. The van der Waals surface area contributed by atoms with E-state index in [1.54, 1.807) is 6.26 Å². The highest BCUT2D eigenvalue weighted by atomic mass is 35.5. The van der Waals surface area contributed by atoms with Crippen LogP contribution in [0.2, 0.25) is 5.02 Å². The van der Waals surface area contributed by atoms with Crippen LogP contribution in [0.15, 0.2) is 6.07 Å². The van der Waals surface area contributed by atoms with Crippen LogP contribution >= 0.6 is 23.4 Å². The number of carbonyl (C=O) groups is 2. The highest BCUT2D eigenvalue weighted by Gasteiger charge is 2.39. The summed E-state index contributed by atoms with van der Waals surface area (Å²) in [5, 5.41) is 21.2. The summed E-state index contributed by atoms with van der Waals surface area (Å²) < 4.78 is 18.9. The Bertz CT molecular complexity index is 632. The highest BCUT2D eigenvalue weighted by Crippen LogP contribution is 2.35. The van der Waals surface area contributed by atoms with E-state index >= 15 is 0 Å². The summed E-state index contributed by atoms with van der Waals surface area (Å²) in [4.78, 5) is 22.8. The maximum atomic E-state index is 13.8. The molecule has 1 aromatic rings. The molecule has 6 nitrogen and oxygen atoms in total. The fraction of sp³-hybridized carbons (Fsp3) is 0.333. The van der Waals surface area contributed by atoms with Gasteiger partial charge in [0.15, 0.2) is 5.82 Å². The molecule has 22 heavy (non-hydrogen) atoms. The lowest BCUT2D eigenvalue weighted by atomic mass is 9.72. The molecule has 1 amide bonds. The lowest BCUT2D eigenvalue weighted by Gasteiger charge is -2.29. The van der Waals surface area contributed by atoms with Crippen LogP contribution in [-0.4, -0.2) is 47.1 Å². The summed E-state index contributed by atoms with van der Waals surface area (Å²) in [6.45, 7) is 0. The molecular weight excluding hydrogens is 335 g/mol. The topological polar surface area (TPSA) is 95.9 Å². The molecule has 0 fully saturated rings. The predicted octanol–water partition coefficient (Wildman–Crippen LogP) is 0.980. The van der Waals surface area contributed by atoms with Gasteiger partial charge >= 0.3 is 13.1 Å². The van der Waals surface area contributed by atoms with E-state index in [4.69, 9.17) is 21.4 Å². The summed E-state index contributed by atoms with van der Waals surface area (Å²) in [5.74, 6) is -3.79. The zero-order chi connectivity index (χ0) is 16.4. The zero-order valence-electron chi connectivity index (χ0n) is 11.4. The normalized spacial score (nSPS) is 16.7. The summed E-state index contributed by atoms with van der Waals surface area (Å²) in [6.07, 6.45) is 1.83. The summed E-state index contributed by atoms with van der Waals surface area (Å²) in [6, 6.07) is 1.23. The van der Waals surface area contributed by atoms with E-state index in [0.29, 0.717) is 5.56 Å². The van der Waals surface area contributed by atoms with Crippen molar-refractivity contribution in [1.29, 1.82) is 0 Å². The van der Waals surface area contributed by atoms with Gasteiger partial charge < -0.3 is 20.1 Å². The van der Waals surface area contributed by atoms with Gasteiger partial charge in [-0.1, -0.05) is 11.6 Å². The van der Waals surface area contributed by atoms with Crippen molar-refractivity contribution in [3.63, 3.8) is 0 Å². The Hall–Kier alpha value is -1.45. The molecule has 1 atom stereocenters. The number of carbonyl (C=O) groups excluding carboxylic acids is 1. The SMILES string of the molecule is CSCC(=O)N[C@H]1Cc2cc(Cl)c(F)c(C(=O)O)c2OB1O. The third kappa shape index (κ3) is 3.31. The van der Waals surface area contributed by atoms with Crippen molar-refractivity contribution in [2.45, 2.75) is 12.4 Å². The average Bonchev–Trinajstić information content (AvgIpc) is 2.42. The van der Waals surface area contributed by atoms with Gasteiger partial charge in [-0.15, -0.1) is 0 Å². The number of aromatic carboxylic acids is 1. The molecule has 0 aliphatic carbocycles. The third-order valence-electron chi connectivity index (χ3n) is 3.11. The van der Waals surface area contributed by atoms with Crippen molar-refractivity contribution < 1.29 is 28.8 Å². The summed E-state index contributed by atoms with van der Waals surface area (Å²) >= 11 is 7.00. The Morgan fingerprint density at radius 3 is 2.91 bits per heavy atom. The number of fused-ring (bicyclic) bond motifs is 1. The largest absolute Gasteiger partial charge is 0.547 e. The van der Waals surface area contributed by atoms with Crippen LogP contribution in [0, 0.1) is 5.82 Å². The van der Waals surface area contributed by atoms with Gasteiger partial charge in [-0.3, -0.25) is 4.79 Å². The molecule has 1 aliphatic rings. The first-order chi connectivity index (χ1) is 10.3. The van der Waals surface area contributed by atoms with Gasteiger partial charge in [0.2, 0.25) is 5.91 Å². The Morgan fingerprint density at radius 1 is 1.64 bits per heavy atom. The van der Waals surface area contributed by atoms with E-state index in [0.717, 1.165) is 0 Å². The molecule has 1 aliphatic heterocycles. The fourth-order valence-electron chi connectivity index (χ4n) is 2.18.